The normalized spacial score (nSPS) is 12.8. The molecule has 0 N–H and O–H groups in total. The van der Waals surface area contributed by atoms with Crippen LogP contribution in [0.4, 0.5) is 0 Å². The van der Waals surface area contributed by atoms with E-state index in [1.165, 1.54) is 0 Å². The maximum absolute atomic E-state index is 9.29. The minimum atomic E-state index is -5.43. The van der Waals surface area contributed by atoms with Gasteiger partial charge >= 0.3 is 19.8 Å². The zero-order chi connectivity index (χ0) is 15.4. The zero-order valence-electron chi connectivity index (χ0n) is 7.70. The Kier molecular flexibility index (Phi) is 10.00. The van der Waals surface area contributed by atoms with Gasteiger partial charge in [0.2, 0.25) is 41.6 Å². The third kappa shape index (κ3) is 32.1. The van der Waals surface area contributed by atoms with Crippen molar-refractivity contribution in [3.8, 4) is 0 Å². The first-order valence-electron chi connectivity index (χ1n) is 2.67. The van der Waals surface area contributed by atoms with Crippen LogP contribution < -0.4 is 0 Å². The van der Waals surface area contributed by atoms with Crippen molar-refractivity contribution in [2.24, 2.45) is 0 Å². The predicted molar refractivity (Wildman–Crippen MR) is 41.0 cm³/mol. The summed E-state index contributed by atoms with van der Waals surface area (Å²) < 4.78 is 116. The van der Waals surface area contributed by atoms with Gasteiger partial charge in [0.1, 0.15) is 0 Å². The Bertz CT molecular complexity index is 532. The third-order valence-corrected chi connectivity index (χ3v) is 3.00. The summed E-state index contributed by atoms with van der Waals surface area (Å²) in [6.07, 6.45) is 0. The first kappa shape index (κ1) is 24.2. The van der Waals surface area contributed by atoms with Crippen molar-refractivity contribution in [1.82, 2.24) is 0 Å². The van der Waals surface area contributed by atoms with Crippen molar-refractivity contribution in [1.29, 1.82) is 0 Å². The van der Waals surface area contributed by atoms with E-state index in [0.29, 0.717) is 0 Å². The standard InChI is InChI=1S/2H2O7S2.Os/c2*1-8(2,3)7-9(4,5)6;/h2*(H,1,2,3)(H,4,5,6);/q;;+4/p-4. The molecule has 0 aromatic rings. The molecule has 0 heterocycles. The summed E-state index contributed by atoms with van der Waals surface area (Å²) in [5.74, 6) is 0. The van der Waals surface area contributed by atoms with Gasteiger partial charge in [-0.2, -0.15) is 7.26 Å². The van der Waals surface area contributed by atoms with Gasteiger partial charge in [0, 0.05) is 0 Å². The zero-order valence-corrected chi connectivity index (χ0v) is 13.5. The third-order valence-electron chi connectivity index (χ3n) is 0.333. The average Bonchev–Trinajstić information content (AvgIpc) is 1.64. The van der Waals surface area contributed by atoms with Crippen LogP contribution in [0.15, 0.2) is 0 Å². The average molecular weight is 542 g/mol. The van der Waals surface area contributed by atoms with Gasteiger partial charge in [-0.25, -0.2) is 33.7 Å². The Hall–Kier alpha value is 0.196. The van der Waals surface area contributed by atoms with Crippen LogP contribution in [0.25, 0.3) is 0 Å². The molecule has 0 aromatic carbocycles. The van der Waals surface area contributed by atoms with Crippen molar-refractivity contribution >= 4 is 41.6 Å². The molecule has 0 aliphatic carbocycles. The molecule has 0 atom stereocenters. The Labute approximate surface area is 120 Å². The molecular formula is O14OsS4. The van der Waals surface area contributed by atoms with Gasteiger partial charge in [-0.3, -0.25) is 0 Å². The molecule has 0 saturated heterocycles. The molecule has 0 rings (SSSR count). The van der Waals surface area contributed by atoms with E-state index < -0.39 is 41.6 Å². The smallest absolute Gasteiger partial charge is 0.725 e. The van der Waals surface area contributed by atoms with E-state index in [1.807, 2.05) is 0 Å². The molecule has 19 heavy (non-hydrogen) atoms. The SMILES string of the molecule is O=S(=O)([O-])OS(=O)(=O)[O-].O=S(=O)([O-])OS(=O)(=O)[O-].[Os+4]. The van der Waals surface area contributed by atoms with Crippen LogP contribution in [0.2, 0.25) is 0 Å². The molecule has 0 unspecified atom stereocenters. The van der Waals surface area contributed by atoms with Gasteiger partial charge in [0.25, 0.3) is 0 Å². The number of rotatable bonds is 4. The maximum atomic E-state index is 9.29. The van der Waals surface area contributed by atoms with E-state index >= 15 is 0 Å². The summed E-state index contributed by atoms with van der Waals surface area (Å²) in [6, 6.07) is 0. The molecule has 0 aliphatic rings. The topological polar surface area (TPSA) is 247 Å². The largest absolute Gasteiger partial charge is 4.00 e. The van der Waals surface area contributed by atoms with Gasteiger partial charge in [-0.15, -0.1) is 0 Å². The van der Waals surface area contributed by atoms with E-state index in [-0.39, 0.29) is 19.8 Å². The van der Waals surface area contributed by atoms with Gasteiger partial charge < -0.3 is 18.2 Å². The van der Waals surface area contributed by atoms with Crippen LogP contribution >= 0.6 is 0 Å². The van der Waals surface area contributed by atoms with Crippen molar-refractivity contribution in [3.05, 3.63) is 0 Å². The fourth-order valence-electron chi connectivity index (χ4n) is 0.204. The van der Waals surface area contributed by atoms with E-state index in [4.69, 9.17) is 0 Å². The van der Waals surface area contributed by atoms with Crippen molar-refractivity contribution in [2.75, 3.05) is 0 Å². The minimum Gasteiger partial charge on any atom is -0.725 e. The number of hydrogen-bond donors (Lipinski definition) is 0. The van der Waals surface area contributed by atoms with Gasteiger partial charge in [-0.1, -0.05) is 0 Å². The van der Waals surface area contributed by atoms with Crippen LogP contribution in [0, 0.1) is 0 Å². The number of hydrogen-bond acceptors (Lipinski definition) is 14. The molecule has 0 fully saturated rings. The molecule has 0 aliphatic heterocycles. The van der Waals surface area contributed by atoms with Crippen LogP contribution in [0.1, 0.15) is 0 Å². The van der Waals surface area contributed by atoms with E-state index in [2.05, 4.69) is 7.26 Å². The molecule has 14 nitrogen and oxygen atoms in total. The second-order valence-electron chi connectivity index (χ2n) is 1.77. The first-order valence-corrected chi connectivity index (χ1v) is 8.00. The summed E-state index contributed by atoms with van der Waals surface area (Å²) in [7, 11) is -21.7. The monoisotopic (exact) mass is 544 g/mol. The van der Waals surface area contributed by atoms with Gasteiger partial charge in [0.15, 0.2) is 0 Å². The van der Waals surface area contributed by atoms with Gasteiger partial charge in [-0.05, 0) is 0 Å². The van der Waals surface area contributed by atoms with Crippen molar-refractivity contribution in [3.63, 3.8) is 0 Å². The first-order chi connectivity index (χ1) is 7.41. The fraction of sp³-hybridized carbons (Fsp3) is 0. The van der Waals surface area contributed by atoms with Crippen LogP contribution in [-0.2, 0) is 68.6 Å². The Balaban J connectivity index is -0.000000256. The van der Waals surface area contributed by atoms with Crippen LogP contribution in [-0.4, -0.2) is 51.9 Å². The molecule has 19 heteroatoms. The second-order valence-corrected chi connectivity index (χ2v) is 6.12. The Morgan fingerprint density at radius 2 is 0.579 bits per heavy atom. The van der Waals surface area contributed by atoms with Crippen LogP contribution in [0.3, 0.4) is 0 Å². The molecule has 116 valence electrons. The van der Waals surface area contributed by atoms with E-state index in [0.717, 1.165) is 0 Å². The van der Waals surface area contributed by atoms with Crippen LogP contribution in [0.5, 0.6) is 0 Å². The predicted octanol–water partition coefficient (Wildman–Crippen LogP) is -4.16. The van der Waals surface area contributed by atoms with Crippen molar-refractivity contribution < 1.29 is 78.9 Å². The molecule has 0 saturated carbocycles. The molecule has 0 spiro atoms. The molecule has 0 bridgehead atoms. The fourth-order valence-corrected chi connectivity index (χ4v) is 1.84. The molecule has 0 radical (unpaired) electrons. The Morgan fingerprint density at radius 1 is 0.474 bits per heavy atom. The van der Waals surface area contributed by atoms with E-state index in [1.54, 1.807) is 0 Å². The van der Waals surface area contributed by atoms with Gasteiger partial charge in [0.05, 0.1) is 0 Å². The quantitative estimate of drug-likeness (QED) is 0.242. The van der Waals surface area contributed by atoms with E-state index in [9.17, 15) is 51.9 Å². The summed E-state index contributed by atoms with van der Waals surface area (Å²) in [5, 5.41) is 0. The summed E-state index contributed by atoms with van der Waals surface area (Å²) in [4.78, 5) is 0. The second kappa shape index (κ2) is 7.84. The summed E-state index contributed by atoms with van der Waals surface area (Å²) >= 11 is 0. The Morgan fingerprint density at radius 3 is 0.579 bits per heavy atom. The molecule has 0 aromatic heterocycles. The summed E-state index contributed by atoms with van der Waals surface area (Å²) in [6.45, 7) is 0. The van der Waals surface area contributed by atoms with Crippen molar-refractivity contribution in [2.45, 2.75) is 0 Å². The summed E-state index contributed by atoms with van der Waals surface area (Å²) in [5.41, 5.74) is 0. The maximum Gasteiger partial charge on any atom is 4.00 e. The minimum absolute atomic E-state index is 0. The molecule has 0 amide bonds. The molecular weight excluding hydrogens is 542 g/mol.